The van der Waals surface area contributed by atoms with Gasteiger partial charge in [0.2, 0.25) is 0 Å². The van der Waals surface area contributed by atoms with Crippen LogP contribution in [0.25, 0.3) is 6.08 Å². The third kappa shape index (κ3) is 5.09. The normalized spacial score (nSPS) is 12.3. The molecule has 0 heterocycles. The highest BCUT2D eigenvalue weighted by molar-refractivity contribution is 5.49. The van der Waals surface area contributed by atoms with Gasteiger partial charge in [0.25, 0.3) is 0 Å². The van der Waals surface area contributed by atoms with E-state index in [0.29, 0.717) is 5.56 Å². The number of halogens is 2. The maximum Gasteiger partial charge on any atom is 0.166 e. The molecular weight excluding hydrogens is 220 g/mol. The van der Waals surface area contributed by atoms with Crippen LogP contribution < -0.4 is 5.32 Å². The minimum atomic E-state index is -0.806. The number of rotatable bonds is 4. The number of benzene rings is 1. The second-order valence-electron chi connectivity index (χ2n) is 5.01. The van der Waals surface area contributed by atoms with Crippen molar-refractivity contribution in [3.63, 3.8) is 0 Å². The summed E-state index contributed by atoms with van der Waals surface area (Å²) >= 11 is 0. The summed E-state index contributed by atoms with van der Waals surface area (Å²) in [6.45, 7) is 7.08. The van der Waals surface area contributed by atoms with E-state index in [1.165, 1.54) is 6.07 Å². The van der Waals surface area contributed by atoms with Crippen molar-refractivity contribution in [3.8, 4) is 0 Å². The van der Waals surface area contributed by atoms with Gasteiger partial charge < -0.3 is 5.32 Å². The molecule has 0 atom stereocenters. The first kappa shape index (κ1) is 13.8. The number of hydrogen-bond acceptors (Lipinski definition) is 1. The Hall–Kier alpha value is -1.22. The molecule has 0 saturated carbocycles. The molecule has 0 aliphatic heterocycles. The molecule has 1 rings (SSSR count). The molecule has 0 aliphatic carbocycles. The van der Waals surface area contributed by atoms with Gasteiger partial charge in [0, 0.05) is 11.1 Å². The van der Waals surface area contributed by atoms with Gasteiger partial charge in [-0.2, -0.15) is 0 Å². The van der Waals surface area contributed by atoms with E-state index < -0.39 is 11.6 Å². The van der Waals surface area contributed by atoms with Gasteiger partial charge in [0.05, 0.1) is 0 Å². The van der Waals surface area contributed by atoms with Gasteiger partial charge >= 0.3 is 0 Å². The van der Waals surface area contributed by atoms with Crippen molar-refractivity contribution in [2.24, 2.45) is 0 Å². The lowest BCUT2D eigenvalue weighted by atomic mass is 10.1. The van der Waals surface area contributed by atoms with Crippen LogP contribution in [0.5, 0.6) is 0 Å². The molecule has 0 unspecified atom stereocenters. The zero-order valence-electron chi connectivity index (χ0n) is 10.6. The Bertz CT molecular complexity index is 392. The molecular formula is C14H19F2N. The van der Waals surface area contributed by atoms with Crippen LogP contribution in [0.4, 0.5) is 8.78 Å². The molecule has 0 fully saturated rings. The van der Waals surface area contributed by atoms with E-state index in [-0.39, 0.29) is 5.54 Å². The summed E-state index contributed by atoms with van der Waals surface area (Å²) in [6, 6.07) is 4.19. The molecule has 1 aromatic carbocycles. The monoisotopic (exact) mass is 239 g/mol. The van der Waals surface area contributed by atoms with Gasteiger partial charge in [-0.1, -0.05) is 24.3 Å². The molecule has 0 aliphatic rings. The van der Waals surface area contributed by atoms with E-state index in [9.17, 15) is 8.78 Å². The molecule has 0 radical (unpaired) electrons. The zero-order valence-corrected chi connectivity index (χ0v) is 10.6. The fourth-order valence-electron chi connectivity index (χ4n) is 1.39. The van der Waals surface area contributed by atoms with Crippen LogP contribution in [0.1, 0.15) is 32.8 Å². The van der Waals surface area contributed by atoms with Gasteiger partial charge in [-0.05, 0) is 39.8 Å². The standard InChI is InChI=1S/C14H19F2N/c1-14(2,3)17-10-5-4-7-11-8-6-9-12(15)13(11)16/h4,6-9,17H,5,10H2,1-3H3. The molecule has 0 bridgehead atoms. The fourth-order valence-corrected chi connectivity index (χ4v) is 1.39. The van der Waals surface area contributed by atoms with Gasteiger partial charge in [0.15, 0.2) is 11.6 Å². The van der Waals surface area contributed by atoms with Crippen molar-refractivity contribution < 1.29 is 8.78 Å². The van der Waals surface area contributed by atoms with E-state index >= 15 is 0 Å². The van der Waals surface area contributed by atoms with Crippen LogP contribution in [0, 0.1) is 11.6 Å². The Kier molecular flexibility index (Phi) is 4.82. The maximum atomic E-state index is 13.3. The molecule has 1 nitrogen and oxygen atoms in total. The van der Waals surface area contributed by atoms with Gasteiger partial charge in [-0.25, -0.2) is 8.78 Å². The highest BCUT2D eigenvalue weighted by Crippen LogP contribution is 2.12. The predicted molar refractivity (Wildman–Crippen MR) is 67.8 cm³/mol. The molecule has 17 heavy (non-hydrogen) atoms. The van der Waals surface area contributed by atoms with E-state index in [1.807, 2.05) is 6.08 Å². The summed E-state index contributed by atoms with van der Waals surface area (Å²) in [6.07, 6.45) is 4.24. The molecule has 0 spiro atoms. The Labute approximate surface area is 102 Å². The topological polar surface area (TPSA) is 12.0 Å². The maximum absolute atomic E-state index is 13.3. The van der Waals surface area contributed by atoms with Crippen LogP contribution in [0.15, 0.2) is 24.3 Å². The van der Waals surface area contributed by atoms with E-state index in [4.69, 9.17) is 0 Å². The lowest BCUT2D eigenvalue weighted by molar-refractivity contribution is 0.431. The SMILES string of the molecule is CC(C)(C)NCCC=Cc1cccc(F)c1F. The van der Waals surface area contributed by atoms with Crippen molar-refractivity contribution in [2.45, 2.75) is 32.7 Å². The van der Waals surface area contributed by atoms with Gasteiger partial charge in [0.1, 0.15) is 0 Å². The fraction of sp³-hybridized carbons (Fsp3) is 0.429. The van der Waals surface area contributed by atoms with Crippen LogP contribution in [0.2, 0.25) is 0 Å². The van der Waals surface area contributed by atoms with E-state index in [2.05, 4.69) is 26.1 Å². The summed E-state index contributed by atoms with van der Waals surface area (Å²) in [7, 11) is 0. The highest BCUT2D eigenvalue weighted by atomic mass is 19.2. The van der Waals surface area contributed by atoms with Crippen LogP contribution >= 0.6 is 0 Å². The first-order valence-electron chi connectivity index (χ1n) is 5.76. The lowest BCUT2D eigenvalue weighted by Gasteiger charge is -2.19. The number of hydrogen-bond donors (Lipinski definition) is 1. The van der Waals surface area contributed by atoms with Crippen LogP contribution in [-0.2, 0) is 0 Å². The molecule has 1 aromatic rings. The molecule has 0 amide bonds. The molecule has 0 saturated heterocycles. The van der Waals surface area contributed by atoms with Crippen molar-refractivity contribution in [2.75, 3.05) is 6.54 Å². The zero-order chi connectivity index (χ0) is 12.9. The first-order chi connectivity index (χ1) is 7.90. The molecule has 1 N–H and O–H groups in total. The van der Waals surface area contributed by atoms with Gasteiger partial charge in [-0.15, -0.1) is 0 Å². The third-order valence-electron chi connectivity index (χ3n) is 2.25. The molecule has 94 valence electrons. The molecule has 3 heteroatoms. The van der Waals surface area contributed by atoms with Gasteiger partial charge in [-0.3, -0.25) is 0 Å². The van der Waals surface area contributed by atoms with Crippen molar-refractivity contribution in [3.05, 3.63) is 41.5 Å². The minimum Gasteiger partial charge on any atom is -0.312 e. The predicted octanol–water partition coefficient (Wildman–Crippen LogP) is 3.76. The van der Waals surface area contributed by atoms with E-state index in [0.717, 1.165) is 19.0 Å². The molecule has 0 aromatic heterocycles. The smallest absolute Gasteiger partial charge is 0.166 e. The second kappa shape index (κ2) is 5.92. The van der Waals surface area contributed by atoms with Crippen molar-refractivity contribution >= 4 is 6.08 Å². The quantitative estimate of drug-likeness (QED) is 0.789. The Morgan fingerprint density at radius 2 is 1.94 bits per heavy atom. The van der Waals surface area contributed by atoms with Crippen LogP contribution in [-0.4, -0.2) is 12.1 Å². The van der Waals surface area contributed by atoms with Crippen molar-refractivity contribution in [1.29, 1.82) is 0 Å². The van der Waals surface area contributed by atoms with Crippen molar-refractivity contribution in [1.82, 2.24) is 5.32 Å². The Balaban J connectivity index is 2.46. The summed E-state index contributed by atoms with van der Waals surface area (Å²) in [5.74, 6) is -1.59. The summed E-state index contributed by atoms with van der Waals surface area (Å²) < 4.78 is 26.1. The average Bonchev–Trinajstić information content (AvgIpc) is 2.22. The summed E-state index contributed by atoms with van der Waals surface area (Å²) in [4.78, 5) is 0. The minimum absolute atomic E-state index is 0.0813. The van der Waals surface area contributed by atoms with E-state index in [1.54, 1.807) is 12.1 Å². The van der Waals surface area contributed by atoms with Crippen LogP contribution in [0.3, 0.4) is 0 Å². The Morgan fingerprint density at radius 3 is 2.59 bits per heavy atom. The average molecular weight is 239 g/mol. The second-order valence-corrected chi connectivity index (χ2v) is 5.01. The highest BCUT2D eigenvalue weighted by Gasteiger charge is 2.06. The first-order valence-corrected chi connectivity index (χ1v) is 5.76. The Morgan fingerprint density at radius 1 is 1.24 bits per heavy atom. The third-order valence-corrected chi connectivity index (χ3v) is 2.25. The summed E-state index contributed by atoms with van der Waals surface area (Å²) in [5, 5.41) is 3.32. The largest absolute Gasteiger partial charge is 0.312 e. The number of nitrogens with one attached hydrogen (secondary N) is 1. The lowest BCUT2D eigenvalue weighted by Crippen LogP contribution is -2.36. The summed E-state index contributed by atoms with van der Waals surface area (Å²) in [5.41, 5.74) is 0.374.